The number of hydrogen-bond donors (Lipinski definition) is 1. The monoisotopic (exact) mass is 284 g/mol. The predicted octanol–water partition coefficient (Wildman–Crippen LogP) is 4.17. The van der Waals surface area contributed by atoms with Gasteiger partial charge in [-0.2, -0.15) is 0 Å². The second-order valence-corrected chi connectivity index (χ2v) is 4.16. The molecule has 6 heteroatoms. The third-order valence-electron chi connectivity index (χ3n) is 1.91. The molecule has 0 aliphatic rings. The Bertz CT molecular complexity index is 492. The molecule has 0 bridgehead atoms. The van der Waals surface area contributed by atoms with Crippen molar-refractivity contribution in [1.29, 1.82) is 0 Å². The van der Waals surface area contributed by atoms with Crippen molar-refractivity contribution < 1.29 is 4.92 Å². The first-order valence-electron chi connectivity index (χ1n) is 4.90. The summed E-state index contributed by atoms with van der Waals surface area (Å²) in [7, 11) is 0. The van der Waals surface area contributed by atoms with Crippen LogP contribution in [-0.4, -0.2) is 4.92 Å². The van der Waals surface area contributed by atoms with E-state index in [2.05, 4.69) is 0 Å². The third kappa shape index (κ3) is 5.03. The molecule has 0 saturated carbocycles. The van der Waals surface area contributed by atoms with Gasteiger partial charge in [0.15, 0.2) is 0 Å². The summed E-state index contributed by atoms with van der Waals surface area (Å²) in [6.07, 6.45) is 0. The number of rotatable bonds is 1. The van der Waals surface area contributed by atoms with E-state index < -0.39 is 4.92 Å². The Labute approximate surface area is 114 Å². The van der Waals surface area contributed by atoms with Crippen LogP contribution in [0.3, 0.4) is 0 Å². The molecule has 94 valence electrons. The highest BCUT2D eigenvalue weighted by Gasteiger charge is 2.01. The van der Waals surface area contributed by atoms with E-state index in [0.717, 1.165) is 10.7 Å². The van der Waals surface area contributed by atoms with Crippen LogP contribution in [-0.2, 0) is 0 Å². The summed E-state index contributed by atoms with van der Waals surface area (Å²) < 4.78 is 0. The van der Waals surface area contributed by atoms with Crippen LogP contribution in [0.2, 0.25) is 10.0 Å². The number of hydrogen-bond acceptors (Lipinski definition) is 3. The zero-order valence-corrected chi connectivity index (χ0v) is 10.7. The van der Waals surface area contributed by atoms with E-state index >= 15 is 0 Å². The lowest BCUT2D eigenvalue weighted by atomic mass is 10.3. The second kappa shape index (κ2) is 6.83. The van der Waals surface area contributed by atoms with E-state index in [9.17, 15) is 10.1 Å². The number of benzene rings is 2. The van der Waals surface area contributed by atoms with Gasteiger partial charge in [0.05, 0.1) is 4.92 Å². The number of anilines is 1. The molecule has 2 N–H and O–H groups in total. The fraction of sp³-hybridized carbons (Fsp3) is 0. The number of halogens is 2. The van der Waals surface area contributed by atoms with E-state index in [-0.39, 0.29) is 5.69 Å². The van der Waals surface area contributed by atoms with Crippen molar-refractivity contribution in [3.63, 3.8) is 0 Å². The Kier molecular flexibility index (Phi) is 5.42. The number of nitrogens with zero attached hydrogens (tertiary/aromatic N) is 1. The Balaban J connectivity index is 0.000000184. The van der Waals surface area contributed by atoms with Gasteiger partial charge in [0, 0.05) is 27.9 Å². The van der Waals surface area contributed by atoms with E-state index in [4.69, 9.17) is 28.9 Å². The Morgan fingerprint density at radius 3 is 1.61 bits per heavy atom. The van der Waals surface area contributed by atoms with Crippen LogP contribution in [0.25, 0.3) is 0 Å². The van der Waals surface area contributed by atoms with Crippen molar-refractivity contribution in [2.45, 2.75) is 0 Å². The first-order chi connectivity index (χ1) is 8.49. The maximum atomic E-state index is 10.1. The molecule has 0 aliphatic carbocycles. The standard InChI is InChI=1S/C6H4ClNO2.C6H6ClN/c7-5-1-3-6(4-2-5)8(9)10;7-5-1-3-6(8)4-2-5/h1-4H;1-4H,8H2. The summed E-state index contributed by atoms with van der Waals surface area (Å²) >= 11 is 11.0. The average molecular weight is 285 g/mol. The van der Waals surface area contributed by atoms with Crippen LogP contribution >= 0.6 is 23.2 Å². The summed E-state index contributed by atoms with van der Waals surface area (Å²) in [5.41, 5.74) is 6.17. The van der Waals surface area contributed by atoms with Gasteiger partial charge in [-0.25, -0.2) is 0 Å². The molecule has 4 nitrogen and oxygen atoms in total. The lowest BCUT2D eigenvalue weighted by Gasteiger charge is -1.88. The third-order valence-corrected chi connectivity index (χ3v) is 2.41. The largest absolute Gasteiger partial charge is 0.399 e. The number of nitro benzene ring substituents is 1. The maximum absolute atomic E-state index is 10.1. The molecule has 2 rings (SSSR count). The maximum Gasteiger partial charge on any atom is 0.269 e. The van der Waals surface area contributed by atoms with Crippen molar-refractivity contribution in [2.24, 2.45) is 0 Å². The molecule has 18 heavy (non-hydrogen) atoms. The van der Waals surface area contributed by atoms with Crippen LogP contribution in [0.4, 0.5) is 11.4 Å². The first kappa shape index (κ1) is 14.3. The highest BCUT2D eigenvalue weighted by atomic mass is 35.5. The van der Waals surface area contributed by atoms with Crippen LogP contribution in [0.5, 0.6) is 0 Å². The molecule has 0 atom stereocenters. The van der Waals surface area contributed by atoms with Crippen LogP contribution in [0.1, 0.15) is 0 Å². The van der Waals surface area contributed by atoms with Gasteiger partial charge in [-0.15, -0.1) is 0 Å². The van der Waals surface area contributed by atoms with Crippen LogP contribution in [0, 0.1) is 10.1 Å². The number of nitrogens with two attached hydrogens (primary N) is 1. The smallest absolute Gasteiger partial charge is 0.269 e. The van der Waals surface area contributed by atoms with Crippen LogP contribution in [0.15, 0.2) is 48.5 Å². The number of non-ortho nitro benzene ring substituents is 1. The highest BCUT2D eigenvalue weighted by Crippen LogP contribution is 2.14. The highest BCUT2D eigenvalue weighted by molar-refractivity contribution is 6.30. The minimum absolute atomic E-state index is 0.0596. The summed E-state index contributed by atoms with van der Waals surface area (Å²) in [4.78, 5) is 9.61. The summed E-state index contributed by atoms with van der Waals surface area (Å²) in [5.74, 6) is 0. The van der Waals surface area contributed by atoms with Crippen LogP contribution < -0.4 is 5.73 Å². The first-order valence-corrected chi connectivity index (χ1v) is 5.65. The van der Waals surface area contributed by atoms with E-state index in [0.29, 0.717) is 5.02 Å². The van der Waals surface area contributed by atoms with Gasteiger partial charge < -0.3 is 5.73 Å². The normalized spacial score (nSPS) is 9.22. The molecule has 0 saturated heterocycles. The fourth-order valence-electron chi connectivity index (χ4n) is 1.03. The molecular formula is C12H10Cl2N2O2. The molecule has 2 aromatic rings. The summed E-state index contributed by atoms with van der Waals surface area (Å²) in [6, 6.07) is 12.8. The van der Waals surface area contributed by atoms with Crippen molar-refractivity contribution in [2.75, 3.05) is 5.73 Å². The number of nitrogen functional groups attached to an aromatic ring is 1. The molecule has 0 aliphatic heterocycles. The molecule has 0 amide bonds. The van der Waals surface area contributed by atoms with Gasteiger partial charge >= 0.3 is 0 Å². The quantitative estimate of drug-likeness (QED) is 0.485. The molecular weight excluding hydrogens is 275 g/mol. The van der Waals surface area contributed by atoms with E-state index in [1.54, 1.807) is 24.3 Å². The van der Waals surface area contributed by atoms with E-state index in [1.165, 1.54) is 24.3 Å². The van der Waals surface area contributed by atoms with Gasteiger partial charge in [0.2, 0.25) is 0 Å². The molecule has 0 radical (unpaired) electrons. The predicted molar refractivity (Wildman–Crippen MR) is 74.0 cm³/mol. The average Bonchev–Trinajstić information content (AvgIpc) is 2.34. The molecule has 0 unspecified atom stereocenters. The van der Waals surface area contributed by atoms with Gasteiger partial charge in [0.25, 0.3) is 5.69 Å². The summed E-state index contributed by atoms with van der Waals surface area (Å²) in [5, 5.41) is 11.3. The fourth-order valence-corrected chi connectivity index (χ4v) is 1.28. The molecule has 0 heterocycles. The molecule has 0 aromatic heterocycles. The summed E-state index contributed by atoms with van der Waals surface area (Å²) in [6.45, 7) is 0. The Morgan fingerprint density at radius 2 is 1.28 bits per heavy atom. The SMILES string of the molecule is Nc1ccc(Cl)cc1.O=[N+]([O-])c1ccc(Cl)cc1. The Hall–Kier alpha value is -1.78. The topological polar surface area (TPSA) is 69.2 Å². The van der Waals surface area contributed by atoms with Crippen molar-refractivity contribution in [1.82, 2.24) is 0 Å². The molecule has 0 spiro atoms. The van der Waals surface area contributed by atoms with Gasteiger partial charge in [-0.1, -0.05) is 23.2 Å². The van der Waals surface area contributed by atoms with E-state index in [1.807, 2.05) is 0 Å². The van der Waals surface area contributed by atoms with Gasteiger partial charge in [-0.05, 0) is 36.4 Å². The van der Waals surface area contributed by atoms with Crippen molar-refractivity contribution >= 4 is 34.6 Å². The second-order valence-electron chi connectivity index (χ2n) is 3.29. The van der Waals surface area contributed by atoms with Crippen molar-refractivity contribution in [3.05, 3.63) is 68.7 Å². The zero-order chi connectivity index (χ0) is 13.5. The molecule has 0 fully saturated rings. The minimum Gasteiger partial charge on any atom is -0.399 e. The zero-order valence-electron chi connectivity index (χ0n) is 9.22. The van der Waals surface area contributed by atoms with Gasteiger partial charge in [-0.3, -0.25) is 10.1 Å². The Morgan fingerprint density at radius 1 is 0.889 bits per heavy atom. The van der Waals surface area contributed by atoms with Crippen molar-refractivity contribution in [3.8, 4) is 0 Å². The number of nitro groups is 1. The lowest BCUT2D eigenvalue weighted by molar-refractivity contribution is -0.384. The lowest BCUT2D eigenvalue weighted by Crippen LogP contribution is -1.85. The van der Waals surface area contributed by atoms with Gasteiger partial charge in [0.1, 0.15) is 0 Å². The molecule has 2 aromatic carbocycles. The minimum atomic E-state index is -0.462.